The molecule has 0 aliphatic carbocycles. The van der Waals surface area contributed by atoms with Crippen LogP contribution in [-0.2, 0) is 12.2 Å². The molecule has 122 valence electrons. The molecule has 0 unspecified atom stereocenters. The molecule has 0 saturated heterocycles. The van der Waals surface area contributed by atoms with Gasteiger partial charge >= 0.3 is 0 Å². The van der Waals surface area contributed by atoms with Crippen molar-refractivity contribution >= 4 is 11.8 Å². The van der Waals surface area contributed by atoms with E-state index in [0.717, 1.165) is 22.6 Å². The van der Waals surface area contributed by atoms with Gasteiger partial charge in [-0.05, 0) is 25.0 Å². The van der Waals surface area contributed by atoms with Gasteiger partial charge in [-0.1, -0.05) is 71.9 Å². The van der Waals surface area contributed by atoms with Crippen molar-refractivity contribution in [1.82, 2.24) is 9.97 Å². The second kappa shape index (κ2) is 7.49. The summed E-state index contributed by atoms with van der Waals surface area (Å²) in [4.78, 5) is 19.9. The van der Waals surface area contributed by atoms with Gasteiger partial charge in [0.1, 0.15) is 0 Å². The number of aromatic amines is 1. The molecule has 1 heterocycles. The maximum Gasteiger partial charge on any atom is 0.255 e. The molecule has 3 aromatic rings. The molecular formula is C20H20N2OS. The average molecular weight is 336 g/mol. The van der Waals surface area contributed by atoms with E-state index in [4.69, 9.17) is 0 Å². The molecule has 0 fully saturated rings. The van der Waals surface area contributed by atoms with E-state index in [9.17, 15) is 4.79 Å². The first kappa shape index (κ1) is 16.5. The van der Waals surface area contributed by atoms with Gasteiger partial charge in [0.05, 0.1) is 0 Å². The Kier molecular flexibility index (Phi) is 5.16. The molecule has 1 aromatic heterocycles. The molecule has 0 bridgehead atoms. The molecule has 2 aromatic carbocycles. The first-order valence-electron chi connectivity index (χ1n) is 7.94. The van der Waals surface area contributed by atoms with Gasteiger partial charge in [0.15, 0.2) is 5.16 Å². The number of hydrogen-bond donors (Lipinski definition) is 1. The van der Waals surface area contributed by atoms with E-state index >= 15 is 0 Å². The van der Waals surface area contributed by atoms with Crippen molar-refractivity contribution in [2.24, 2.45) is 0 Å². The van der Waals surface area contributed by atoms with Crippen LogP contribution in [0.4, 0.5) is 0 Å². The average Bonchev–Trinajstić information content (AvgIpc) is 2.58. The van der Waals surface area contributed by atoms with Gasteiger partial charge in [-0.2, -0.15) is 0 Å². The maximum absolute atomic E-state index is 12.4. The van der Waals surface area contributed by atoms with E-state index in [0.29, 0.717) is 11.6 Å². The van der Waals surface area contributed by atoms with Crippen molar-refractivity contribution in [3.63, 3.8) is 0 Å². The van der Waals surface area contributed by atoms with E-state index in [2.05, 4.69) is 41.2 Å². The molecule has 24 heavy (non-hydrogen) atoms. The van der Waals surface area contributed by atoms with Crippen molar-refractivity contribution in [1.29, 1.82) is 0 Å². The number of H-pyrrole nitrogens is 1. The standard InChI is InChI=1S/C20H20N2OS/c1-14-8-10-17(11-9-14)13-24-20-21-15(2)18(19(23)22-20)12-16-6-4-3-5-7-16/h3-11H,12-13H2,1-2H3,(H,21,22,23). The van der Waals surface area contributed by atoms with Crippen molar-refractivity contribution in [3.05, 3.63) is 92.9 Å². The van der Waals surface area contributed by atoms with Crippen LogP contribution in [0.1, 0.15) is 27.9 Å². The highest BCUT2D eigenvalue weighted by molar-refractivity contribution is 7.98. The third kappa shape index (κ3) is 4.15. The zero-order valence-electron chi connectivity index (χ0n) is 13.9. The van der Waals surface area contributed by atoms with Gasteiger partial charge in [0.2, 0.25) is 0 Å². The predicted octanol–water partition coefficient (Wildman–Crippen LogP) is 4.27. The van der Waals surface area contributed by atoms with Gasteiger partial charge in [-0.25, -0.2) is 4.98 Å². The van der Waals surface area contributed by atoms with Crippen LogP contribution in [0.15, 0.2) is 64.5 Å². The molecular weight excluding hydrogens is 316 g/mol. The minimum absolute atomic E-state index is 0.0437. The second-order valence-corrected chi connectivity index (χ2v) is 6.84. The second-order valence-electron chi connectivity index (χ2n) is 5.87. The van der Waals surface area contributed by atoms with Crippen LogP contribution in [0.2, 0.25) is 0 Å². The largest absolute Gasteiger partial charge is 0.301 e. The number of rotatable bonds is 5. The Bertz CT molecular complexity index is 870. The van der Waals surface area contributed by atoms with Crippen molar-refractivity contribution < 1.29 is 0 Å². The topological polar surface area (TPSA) is 45.8 Å². The van der Waals surface area contributed by atoms with Crippen LogP contribution in [-0.4, -0.2) is 9.97 Å². The van der Waals surface area contributed by atoms with E-state index in [-0.39, 0.29) is 5.56 Å². The molecule has 0 aliphatic rings. The van der Waals surface area contributed by atoms with Crippen LogP contribution >= 0.6 is 11.8 Å². The summed E-state index contributed by atoms with van der Waals surface area (Å²) in [6.07, 6.45) is 0.609. The fourth-order valence-corrected chi connectivity index (χ4v) is 3.36. The Hall–Kier alpha value is -2.33. The minimum atomic E-state index is -0.0437. The third-order valence-corrected chi connectivity index (χ3v) is 4.86. The maximum atomic E-state index is 12.4. The Morgan fingerprint density at radius 3 is 2.33 bits per heavy atom. The van der Waals surface area contributed by atoms with Gasteiger partial charge in [0.25, 0.3) is 5.56 Å². The van der Waals surface area contributed by atoms with Crippen molar-refractivity contribution in [2.45, 2.75) is 31.2 Å². The lowest BCUT2D eigenvalue weighted by molar-refractivity contribution is 0.866. The molecule has 1 N–H and O–H groups in total. The molecule has 0 aliphatic heterocycles. The van der Waals surface area contributed by atoms with Gasteiger partial charge in [-0.15, -0.1) is 0 Å². The Morgan fingerprint density at radius 2 is 1.67 bits per heavy atom. The number of hydrogen-bond acceptors (Lipinski definition) is 3. The highest BCUT2D eigenvalue weighted by Gasteiger charge is 2.09. The summed E-state index contributed by atoms with van der Waals surface area (Å²) < 4.78 is 0. The molecule has 4 heteroatoms. The third-order valence-electron chi connectivity index (χ3n) is 3.92. The predicted molar refractivity (Wildman–Crippen MR) is 99.6 cm³/mol. The molecule has 0 spiro atoms. The number of thioether (sulfide) groups is 1. The van der Waals surface area contributed by atoms with Gasteiger partial charge in [0, 0.05) is 23.4 Å². The highest BCUT2D eigenvalue weighted by Crippen LogP contribution is 2.19. The van der Waals surface area contributed by atoms with Crippen LogP contribution < -0.4 is 5.56 Å². The van der Waals surface area contributed by atoms with E-state index in [1.165, 1.54) is 11.1 Å². The minimum Gasteiger partial charge on any atom is -0.301 e. The fraction of sp³-hybridized carbons (Fsp3) is 0.200. The van der Waals surface area contributed by atoms with E-state index < -0.39 is 0 Å². The van der Waals surface area contributed by atoms with Crippen LogP contribution in [0.5, 0.6) is 0 Å². The molecule has 0 saturated carbocycles. The quantitative estimate of drug-likeness (QED) is 0.559. The van der Waals surface area contributed by atoms with E-state index in [1.807, 2.05) is 37.3 Å². The Morgan fingerprint density at radius 1 is 0.958 bits per heavy atom. The number of aryl methyl sites for hydroxylation is 2. The molecule has 3 rings (SSSR count). The number of benzene rings is 2. The lowest BCUT2D eigenvalue weighted by Gasteiger charge is -2.07. The summed E-state index contributed by atoms with van der Waals surface area (Å²) in [6.45, 7) is 3.98. The van der Waals surface area contributed by atoms with Crippen molar-refractivity contribution in [3.8, 4) is 0 Å². The Balaban J connectivity index is 1.74. The summed E-state index contributed by atoms with van der Waals surface area (Å²) in [7, 11) is 0. The normalized spacial score (nSPS) is 10.8. The number of aromatic nitrogens is 2. The SMILES string of the molecule is Cc1ccc(CSc2nc(C)c(Cc3ccccc3)c(=O)[nH]2)cc1. The van der Waals surface area contributed by atoms with Gasteiger partial charge < -0.3 is 4.98 Å². The molecule has 0 atom stereocenters. The van der Waals surface area contributed by atoms with Crippen LogP contribution in [0.25, 0.3) is 0 Å². The monoisotopic (exact) mass is 336 g/mol. The molecule has 3 nitrogen and oxygen atoms in total. The summed E-state index contributed by atoms with van der Waals surface area (Å²) in [5.74, 6) is 0.792. The number of nitrogens with one attached hydrogen (secondary N) is 1. The highest BCUT2D eigenvalue weighted by atomic mass is 32.2. The lowest BCUT2D eigenvalue weighted by atomic mass is 10.1. The first-order chi connectivity index (χ1) is 11.6. The van der Waals surface area contributed by atoms with E-state index in [1.54, 1.807) is 11.8 Å². The fourth-order valence-electron chi connectivity index (χ4n) is 2.50. The number of nitrogens with zero attached hydrogens (tertiary/aromatic N) is 1. The van der Waals surface area contributed by atoms with Gasteiger partial charge in [-0.3, -0.25) is 4.79 Å². The Labute approximate surface area is 146 Å². The molecule has 0 amide bonds. The lowest BCUT2D eigenvalue weighted by Crippen LogP contribution is -2.17. The first-order valence-corrected chi connectivity index (χ1v) is 8.92. The summed E-state index contributed by atoms with van der Waals surface area (Å²) >= 11 is 1.56. The summed E-state index contributed by atoms with van der Waals surface area (Å²) in [6, 6.07) is 18.4. The van der Waals surface area contributed by atoms with Crippen LogP contribution in [0.3, 0.4) is 0 Å². The molecule has 0 radical (unpaired) electrons. The smallest absolute Gasteiger partial charge is 0.255 e. The summed E-state index contributed by atoms with van der Waals surface area (Å²) in [5, 5.41) is 0.676. The zero-order chi connectivity index (χ0) is 16.9. The van der Waals surface area contributed by atoms with Crippen molar-refractivity contribution in [2.75, 3.05) is 0 Å². The zero-order valence-corrected chi connectivity index (χ0v) is 14.7. The van der Waals surface area contributed by atoms with Crippen LogP contribution in [0, 0.1) is 13.8 Å². The summed E-state index contributed by atoms with van der Waals surface area (Å²) in [5.41, 5.74) is 5.08.